The van der Waals surface area contributed by atoms with E-state index in [4.69, 9.17) is 0 Å². The van der Waals surface area contributed by atoms with Gasteiger partial charge in [0.2, 0.25) is 0 Å². The molecule has 100 valence electrons. The third kappa shape index (κ3) is 3.77. The molecule has 1 aliphatic carbocycles. The molecule has 0 bridgehead atoms. The maximum Gasteiger partial charge on any atom is 0.191 e. The summed E-state index contributed by atoms with van der Waals surface area (Å²) in [7, 11) is 1.88. The highest BCUT2D eigenvalue weighted by molar-refractivity contribution is 7.98. The Bertz CT molecular complexity index is 355. The van der Waals surface area contributed by atoms with E-state index in [1.54, 1.807) is 11.8 Å². The van der Waals surface area contributed by atoms with Crippen LogP contribution in [0.4, 0.5) is 11.6 Å². The molecule has 0 unspecified atom stereocenters. The summed E-state index contributed by atoms with van der Waals surface area (Å²) in [5, 5.41) is 7.30. The van der Waals surface area contributed by atoms with Crippen molar-refractivity contribution in [3.05, 3.63) is 6.07 Å². The van der Waals surface area contributed by atoms with Gasteiger partial charge in [-0.2, -0.15) is 0 Å². The number of aromatic nitrogens is 2. The second-order valence-corrected chi connectivity index (χ2v) is 5.51. The quantitative estimate of drug-likeness (QED) is 0.611. The Morgan fingerprint density at radius 1 is 1.28 bits per heavy atom. The van der Waals surface area contributed by atoms with Crippen molar-refractivity contribution >= 4 is 23.4 Å². The van der Waals surface area contributed by atoms with Crippen molar-refractivity contribution in [2.75, 3.05) is 30.5 Å². The Morgan fingerprint density at radius 2 is 2.00 bits per heavy atom. The molecule has 0 aliphatic heterocycles. The zero-order valence-electron chi connectivity index (χ0n) is 11.2. The topological polar surface area (TPSA) is 49.8 Å². The molecule has 0 aromatic carbocycles. The van der Waals surface area contributed by atoms with E-state index in [0.717, 1.165) is 29.3 Å². The summed E-state index contributed by atoms with van der Waals surface area (Å²) in [6, 6.07) is 1.97. The summed E-state index contributed by atoms with van der Waals surface area (Å²) in [6.45, 7) is 1.01. The minimum Gasteiger partial charge on any atom is -0.373 e. The summed E-state index contributed by atoms with van der Waals surface area (Å²) >= 11 is 1.57. The van der Waals surface area contributed by atoms with Crippen molar-refractivity contribution in [1.29, 1.82) is 0 Å². The van der Waals surface area contributed by atoms with E-state index in [2.05, 4.69) is 20.6 Å². The summed E-state index contributed by atoms with van der Waals surface area (Å²) in [5.74, 6) is 2.72. The first-order valence-electron chi connectivity index (χ1n) is 6.66. The zero-order valence-corrected chi connectivity index (χ0v) is 12.0. The standard InChI is InChI=1S/C13H22N4S/c1-14-11-9-12(17-13(16-11)18-2)15-8-7-10-5-3-4-6-10/h9-10H,3-8H2,1-2H3,(H2,14,15,16,17). The lowest BCUT2D eigenvalue weighted by atomic mass is 10.0. The average Bonchev–Trinajstić information content (AvgIpc) is 2.91. The largest absolute Gasteiger partial charge is 0.373 e. The highest BCUT2D eigenvalue weighted by Gasteiger charge is 2.14. The predicted molar refractivity (Wildman–Crippen MR) is 78.4 cm³/mol. The van der Waals surface area contributed by atoms with Gasteiger partial charge in [-0.1, -0.05) is 37.4 Å². The van der Waals surface area contributed by atoms with Crippen LogP contribution in [-0.2, 0) is 0 Å². The molecule has 0 spiro atoms. The lowest BCUT2D eigenvalue weighted by molar-refractivity contribution is 0.518. The van der Waals surface area contributed by atoms with Gasteiger partial charge in [0.1, 0.15) is 11.6 Å². The van der Waals surface area contributed by atoms with Crippen molar-refractivity contribution < 1.29 is 0 Å². The van der Waals surface area contributed by atoms with E-state index >= 15 is 0 Å². The molecule has 1 heterocycles. The van der Waals surface area contributed by atoms with Crippen LogP contribution in [0.15, 0.2) is 11.2 Å². The van der Waals surface area contributed by atoms with Gasteiger partial charge in [-0.15, -0.1) is 0 Å². The maximum atomic E-state index is 4.46. The first-order valence-corrected chi connectivity index (χ1v) is 7.89. The number of hydrogen-bond donors (Lipinski definition) is 2. The Morgan fingerprint density at radius 3 is 2.67 bits per heavy atom. The van der Waals surface area contributed by atoms with Crippen LogP contribution in [0.3, 0.4) is 0 Å². The smallest absolute Gasteiger partial charge is 0.191 e. The van der Waals surface area contributed by atoms with Gasteiger partial charge < -0.3 is 10.6 Å². The minimum absolute atomic E-state index is 0.810. The number of anilines is 2. The van der Waals surface area contributed by atoms with Crippen molar-refractivity contribution in [2.45, 2.75) is 37.3 Å². The molecule has 1 aliphatic rings. The molecule has 0 saturated heterocycles. The van der Waals surface area contributed by atoms with E-state index in [1.165, 1.54) is 32.1 Å². The lowest BCUT2D eigenvalue weighted by Gasteiger charge is -2.11. The van der Waals surface area contributed by atoms with Crippen LogP contribution in [0, 0.1) is 5.92 Å². The molecule has 1 aromatic heterocycles. The minimum atomic E-state index is 0.810. The Kier molecular flexibility index (Phi) is 5.11. The molecule has 0 radical (unpaired) electrons. The van der Waals surface area contributed by atoms with Gasteiger partial charge in [-0.25, -0.2) is 9.97 Å². The molecular weight excluding hydrogens is 244 g/mol. The SMILES string of the molecule is CNc1cc(NCCC2CCCC2)nc(SC)n1. The summed E-state index contributed by atoms with van der Waals surface area (Å²) in [5.41, 5.74) is 0. The maximum absolute atomic E-state index is 4.46. The van der Waals surface area contributed by atoms with E-state index < -0.39 is 0 Å². The normalized spacial score (nSPS) is 15.9. The van der Waals surface area contributed by atoms with Gasteiger partial charge in [0.25, 0.3) is 0 Å². The zero-order chi connectivity index (χ0) is 12.8. The van der Waals surface area contributed by atoms with Crippen LogP contribution in [-0.4, -0.2) is 29.8 Å². The number of rotatable bonds is 6. The second kappa shape index (κ2) is 6.83. The third-order valence-electron chi connectivity index (χ3n) is 3.48. The Hall–Kier alpha value is -0.970. The number of hydrogen-bond acceptors (Lipinski definition) is 5. The number of thioether (sulfide) groups is 1. The first kappa shape index (κ1) is 13.5. The fourth-order valence-electron chi connectivity index (χ4n) is 2.44. The summed E-state index contributed by atoms with van der Waals surface area (Å²) in [6.07, 6.45) is 8.90. The average molecular weight is 266 g/mol. The van der Waals surface area contributed by atoms with E-state index in [1.807, 2.05) is 19.4 Å². The first-order chi connectivity index (χ1) is 8.81. The molecule has 2 N–H and O–H groups in total. The van der Waals surface area contributed by atoms with E-state index in [0.29, 0.717) is 0 Å². The number of nitrogens with zero attached hydrogens (tertiary/aromatic N) is 2. The Labute approximate surface area is 113 Å². The highest BCUT2D eigenvalue weighted by Crippen LogP contribution is 2.27. The van der Waals surface area contributed by atoms with E-state index in [-0.39, 0.29) is 0 Å². The lowest BCUT2D eigenvalue weighted by Crippen LogP contribution is -2.09. The van der Waals surface area contributed by atoms with E-state index in [9.17, 15) is 0 Å². The van der Waals surface area contributed by atoms with Crippen molar-refractivity contribution in [2.24, 2.45) is 5.92 Å². The van der Waals surface area contributed by atoms with Gasteiger partial charge in [0.15, 0.2) is 5.16 Å². The molecule has 0 amide bonds. The molecule has 1 saturated carbocycles. The monoisotopic (exact) mass is 266 g/mol. The molecular formula is C13H22N4S. The second-order valence-electron chi connectivity index (χ2n) is 4.74. The van der Waals surface area contributed by atoms with Gasteiger partial charge in [0, 0.05) is 19.7 Å². The third-order valence-corrected chi connectivity index (χ3v) is 4.03. The van der Waals surface area contributed by atoms with Crippen molar-refractivity contribution in [3.63, 3.8) is 0 Å². The van der Waals surface area contributed by atoms with Gasteiger partial charge in [0.05, 0.1) is 0 Å². The summed E-state index contributed by atoms with van der Waals surface area (Å²) in [4.78, 5) is 8.82. The molecule has 1 aromatic rings. The van der Waals surface area contributed by atoms with Crippen molar-refractivity contribution in [1.82, 2.24) is 9.97 Å². The fourth-order valence-corrected chi connectivity index (χ4v) is 2.82. The predicted octanol–water partition coefficient (Wildman–Crippen LogP) is 3.23. The van der Waals surface area contributed by atoms with Gasteiger partial charge in [-0.05, 0) is 18.6 Å². The van der Waals surface area contributed by atoms with Gasteiger partial charge in [-0.3, -0.25) is 0 Å². The van der Waals surface area contributed by atoms with Crippen LogP contribution in [0.5, 0.6) is 0 Å². The molecule has 5 heteroatoms. The van der Waals surface area contributed by atoms with Crippen LogP contribution < -0.4 is 10.6 Å². The molecule has 2 rings (SSSR count). The molecule has 1 fully saturated rings. The Balaban J connectivity index is 1.87. The van der Waals surface area contributed by atoms with Crippen LogP contribution in [0.25, 0.3) is 0 Å². The number of nitrogens with one attached hydrogen (secondary N) is 2. The fraction of sp³-hybridized carbons (Fsp3) is 0.692. The molecule has 18 heavy (non-hydrogen) atoms. The van der Waals surface area contributed by atoms with Gasteiger partial charge >= 0.3 is 0 Å². The van der Waals surface area contributed by atoms with Crippen LogP contribution >= 0.6 is 11.8 Å². The summed E-state index contributed by atoms with van der Waals surface area (Å²) < 4.78 is 0. The van der Waals surface area contributed by atoms with Crippen molar-refractivity contribution in [3.8, 4) is 0 Å². The highest BCUT2D eigenvalue weighted by atomic mass is 32.2. The molecule has 4 nitrogen and oxygen atoms in total. The van der Waals surface area contributed by atoms with Crippen LogP contribution in [0.2, 0.25) is 0 Å². The van der Waals surface area contributed by atoms with Crippen LogP contribution in [0.1, 0.15) is 32.1 Å². The molecule has 0 atom stereocenters.